The van der Waals surface area contributed by atoms with Gasteiger partial charge < -0.3 is 4.90 Å². The minimum atomic E-state index is 0.119. The molecular weight excluding hydrogens is 254 g/mol. The zero-order valence-corrected chi connectivity index (χ0v) is 13.4. The minimum Gasteiger partial charge on any atom is -0.309 e. The average molecular weight is 279 g/mol. The van der Waals surface area contributed by atoms with Gasteiger partial charge in [-0.05, 0) is 62.2 Å². The Morgan fingerprint density at radius 3 is 1.81 bits per heavy atom. The molecule has 110 valence electrons. The van der Waals surface area contributed by atoms with Gasteiger partial charge in [0.1, 0.15) is 0 Å². The lowest BCUT2D eigenvalue weighted by Gasteiger charge is -2.34. The molecular formula is C20H25N. The van der Waals surface area contributed by atoms with Crippen molar-refractivity contribution in [1.82, 2.24) is 4.90 Å². The van der Waals surface area contributed by atoms with E-state index in [2.05, 4.69) is 74.4 Å². The maximum absolute atomic E-state index is 2.43. The summed E-state index contributed by atoms with van der Waals surface area (Å²) in [7, 11) is 4.33. The molecule has 1 aliphatic rings. The number of hydrogen-bond donors (Lipinski definition) is 0. The third-order valence-electron chi connectivity index (χ3n) is 4.95. The summed E-state index contributed by atoms with van der Waals surface area (Å²) >= 11 is 0. The number of nitrogens with zero attached hydrogens (tertiary/aromatic N) is 1. The van der Waals surface area contributed by atoms with Crippen molar-refractivity contribution >= 4 is 0 Å². The van der Waals surface area contributed by atoms with Crippen LogP contribution in [0.4, 0.5) is 0 Å². The first-order valence-corrected chi connectivity index (χ1v) is 7.93. The highest BCUT2D eigenvalue weighted by Gasteiger charge is 2.34. The van der Waals surface area contributed by atoms with Crippen LogP contribution in [0.1, 0.15) is 35.6 Å². The molecule has 0 atom stereocenters. The van der Waals surface area contributed by atoms with E-state index in [9.17, 15) is 0 Å². The zero-order valence-electron chi connectivity index (χ0n) is 13.4. The van der Waals surface area contributed by atoms with Crippen LogP contribution in [0, 0.1) is 0 Å². The van der Waals surface area contributed by atoms with Gasteiger partial charge in [0, 0.05) is 5.41 Å². The Bertz CT molecular complexity index is 580. The third-order valence-corrected chi connectivity index (χ3v) is 4.95. The SMILES string of the molecule is CN(C)CCC1(C)c2ccccc2CCc2ccccc21. The fourth-order valence-electron chi connectivity index (χ4n) is 3.68. The Balaban J connectivity index is 2.15. The first-order valence-electron chi connectivity index (χ1n) is 7.93. The van der Waals surface area contributed by atoms with Gasteiger partial charge in [-0.2, -0.15) is 0 Å². The molecule has 0 aliphatic heterocycles. The maximum atomic E-state index is 2.43. The fourth-order valence-corrected chi connectivity index (χ4v) is 3.68. The molecule has 1 heteroatoms. The Hall–Kier alpha value is -1.60. The highest BCUT2D eigenvalue weighted by atomic mass is 15.0. The van der Waals surface area contributed by atoms with Gasteiger partial charge in [0.2, 0.25) is 0 Å². The molecule has 0 spiro atoms. The number of aryl methyl sites for hydroxylation is 2. The predicted molar refractivity (Wildman–Crippen MR) is 89.9 cm³/mol. The Morgan fingerprint density at radius 1 is 0.857 bits per heavy atom. The molecule has 0 aromatic heterocycles. The van der Waals surface area contributed by atoms with Crippen LogP contribution in [0.25, 0.3) is 0 Å². The first-order chi connectivity index (χ1) is 10.1. The second-order valence-electron chi connectivity index (χ2n) is 6.70. The van der Waals surface area contributed by atoms with E-state index >= 15 is 0 Å². The van der Waals surface area contributed by atoms with Crippen molar-refractivity contribution in [2.75, 3.05) is 20.6 Å². The topological polar surface area (TPSA) is 3.24 Å². The van der Waals surface area contributed by atoms with Crippen molar-refractivity contribution in [2.24, 2.45) is 0 Å². The van der Waals surface area contributed by atoms with Gasteiger partial charge in [0.05, 0.1) is 0 Å². The molecule has 0 saturated carbocycles. The second-order valence-corrected chi connectivity index (χ2v) is 6.70. The van der Waals surface area contributed by atoms with Gasteiger partial charge in [-0.25, -0.2) is 0 Å². The van der Waals surface area contributed by atoms with Gasteiger partial charge in [0.25, 0.3) is 0 Å². The van der Waals surface area contributed by atoms with Crippen molar-refractivity contribution in [3.05, 3.63) is 70.8 Å². The van der Waals surface area contributed by atoms with Gasteiger partial charge >= 0.3 is 0 Å². The normalized spacial score (nSPS) is 16.2. The van der Waals surface area contributed by atoms with E-state index in [0.717, 1.165) is 25.8 Å². The largest absolute Gasteiger partial charge is 0.309 e. The molecule has 2 aromatic rings. The van der Waals surface area contributed by atoms with Crippen LogP contribution in [0.2, 0.25) is 0 Å². The lowest BCUT2D eigenvalue weighted by Crippen LogP contribution is -2.30. The lowest BCUT2D eigenvalue weighted by atomic mass is 9.72. The molecule has 1 aliphatic carbocycles. The molecule has 0 saturated heterocycles. The monoisotopic (exact) mass is 279 g/mol. The summed E-state index contributed by atoms with van der Waals surface area (Å²) < 4.78 is 0. The van der Waals surface area contributed by atoms with Crippen LogP contribution >= 0.6 is 0 Å². The van der Waals surface area contributed by atoms with Gasteiger partial charge in [-0.1, -0.05) is 55.5 Å². The van der Waals surface area contributed by atoms with E-state index in [4.69, 9.17) is 0 Å². The Morgan fingerprint density at radius 2 is 1.33 bits per heavy atom. The molecule has 2 aromatic carbocycles. The molecule has 0 bridgehead atoms. The van der Waals surface area contributed by atoms with E-state index in [0.29, 0.717) is 0 Å². The fraction of sp³-hybridized carbons (Fsp3) is 0.400. The van der Waals surface area contributed by atoms with Crippen molar-refractivity contribution < 1.29 is 0 Å². The molecule has 21 heavy (non-hydrogen) atoms. The number of rotatable bonds is 3. The molecule has 0 fully saturated rings. The molecule has 0 amide bonds. The molecule has 0 N–H and O–H groups in total. The van der Waals surface area contributed by atoms with E-state index in [1.54, 1.807) is 0 Å². The molecule has 0 radical (unpaired) electrons. The standard InChI is InChI=1S/C20H25N/c1-20(14-15-21(2)3)18-10-6-4-8-16(18)12-13-17-9-5-7-11-19(17)20/h4-11H,12-15H2,1-3H3. The van der Waals surface area contributed by atoms with Crippen LogP contribution in [0.3, 0.4) is 0 Å². The van der Waals surface area contributed by atoms with Gasteiger partial charge in [-0.3, -0.25) is 0 Å². The lowest BCUT2D eigenvalue weighted by molar-refractivity contribution is 0.354. The quantitative estimate of drug-likeness (QED) is 0.819. The highest BCUT2D eigenvalue weighted by molar-refractivity contribution is 5.49. The van der Waals surface area contributed by atoms with Gasteiger partial charge in [0.15, 0.2) is 0 Å². The van der Waals surface area contributed by atoms with Crippen LogP contribution in [0.5, 0.6) is 0 Å². The van der Waals surface area contributed by atoms with E-state index in [-0.39, 0.29) is 5.41 Å². The molecule has 0 heterocycles. The van der Waals surface area contributed by atoms with E-state index in [1.807, 2.05) is 0 Å². The number of fused-ring (bicyclic) bond motifs is 2. The van der Waals surface area contributed by atoms with Crippen LogP contribution < -0.4 is 0 Å². The summed E-state index contributed by atoms with van der Waals surface area (Å²) in [6.45, 7) is 3.54. The third kappa shape index (κ3) is 2.63. The van der Waals surface area contributed by atoms with Crippen molar-refractivity contribution in [1.29, 1.82) is 0 Å². The van der Waals surface area contributed by atoms with Crippen molar-refractivity contribution in [3.63, 3.8) is 0 Å². The number of benzene rings is 2. The summed E-state index contributed by atoms with van der Waals surface area (Å²) in [6, 6.07) is 18.1. The number of hydrogen-bond acceptors (Lipinski definition) is 1. The Labute approximate surface area is 128 Å². The predicted octanol–water partition coefficient (Wildman–Crippen LogP) is 4.04. The van der Waals surface area contributed by atoms with Crippen molar-refractivity contribution in [3.8, 4) is 0 Å². The summed E-state index contributed by atoms with van der Waals surface area (Å²) in [5.74, 6) is 0. The molecule has 3 rings (SSSR count). The molecule has 0 unspecified atom stereocenters. The summed E-state index contributed by atoms with van der Waals surface area (Å²) in [5, 5.41) is 0. The smallest absolute Gasteiger partial charge is 0.0192 e. The minimum absolute atomic E-state index is 0.119. The zero-order chi connectivity index (χ0) is 14.9. The summed E-state index contributed by atoms with van der Waals surface area (Å²) in [6.07, 6.45) is 3.48. The summed E-state index contributed by atoms with van der Waals surface area (Å²) in [5.41, 5.74) is 6.21. The van der Waals surface area contributed by atoms with Gasteiger partial charge in [-0.15, -0.1) is 0 Å². The van der Waals surface area contributed by atoms with Crippen LogP contribution in [0.15, 0.2) is 48.5 Å². The molecule has 1 nitrogen and oxygen atoms in total. The van der Waals surface area contributed by atoms with E-state index < -0.39 is 0 Å². The second kappa shape index (κ2) is 5.65. The summed E-state index contributed by atoms with van der Waals surface area (Å²) in [4.78, 5) is 2.29. The Kier molecular flexibility index (Phi) is 3.86. The average Bonchev–Trinajstić information content (AvgIpc) is 2.62. The van der Waals surface area contributed by atoms with E-state index in [1.165, 1.54) is 22.3 Å². The van der Waals surface area contributed by atoms with Crippen LogP contribution in [-0.4, -0.2) is 25.5 Å². The van der Waals surface area contributed by atoms with Crippen molar-refractivity contribution in [2.45, 2.75) is 31.6 Å². The van der Waals surface area contributed by atoms with Crippen LogP contribution in [-0.2, 0) is 18.3 Å². The maximum Gasteiger partial charge on any atom is 0.0192 e. The highest BCUT2D eigenvalue weighted by Crippen LogP contribution is 2.41. The first kappa shape index (κ1) is 14.3.